The molecule has 2 unspecified atom stereocenters. The first-order valence-corrected chi connectivity index (χ1v) is 7.96. The molecule has 3 rings (SSSR count). The Morgan fingerprint density at radius 2 is 2.00 bits per heavy atom. The molecular formula is C15H28N2O2. The van der Waals surface area contributed by atoms with Crippen LogP contribution in [-0.4, -0.2) is 73.5 Å². The molecule has 0 aromatic carbocycles. The zero-order chi connectivity index (χ0) is 13.1. The highest BCUT2D eigenvalue weighted by atomic mass is 16.5. The van der Waals surface area contributed by atoms with Crippen molar-refractivity contribution in [1.29, 1.82) is 0 Å². The van der Waals surface area contributed by atoms with E-state index in [4.69, 9.17) is 4.74 Å². The van der Waals surface area contributed by atoms with Gasteiger partial charge in [0, 0.05) is 31.2 Å². The first-order valence-electron chi connectivity index (χ1n) is 7.96. The molecule has 3 saturated heterocycles. The lowest BCUT2D eigenvalue weighted by molar-refractivity contribution is 0.0603. The number of aliphatic hydroxyl groups excluding tert-OH is 1. The minimum atomic E-state index is 0.0246. The molecular weight excluding hydrogens is 240 g/mol. The molecule has 1 N–H and O–H groups in total. The fourth-order valence-corrected chi connectivity index (χ4v) is 3.96. The lowest BCUT2D eigenvalue weighted by Crippen LogP contribution is -2.43. The molecule has 0 radical (unpaired) electrons. The number of likely N-dealkylation sites (tertiary alicyclic amines) is 2. The summed E-state index contributed by atoms with van der Waals surface area (Å²) in [6, 6.07) is 0.762. The van der Waals surface area contributed by atoms with Crippen LogP contribution in [0.2, 0.25) is 0 Å². The largest absolute Gasteiger partial charge is 0.396 e. The first kappa shape index (κ1) is 13.8. The first-order chi connectivity index (χ1) is 9.31. The van der Waals surface area contributed by atoms with Crippen molar-refractivity contribution in [3.63, 3.8) is 0 Å². The van der Waals surface area contributed by atoms with Crippen molar-refractivity contribution in [1.82, 2.24) is 9.80 Å². The lowest BCUT2D eigenvalue weighted by Gasteiger charge is -2.34. The third-order valence-electron chi connectivity index (χ3n) is 5.23. The van der Waals surface area contributed by atoms with Crippen molar-refractivity contribution in [3.8, 4) is 0 Å². The molecule has 3 aliphatic heterocycles. The van der Waals surface area contributed by atoms with Gasteiger partial charge in [-0.05, 0) is 45.3 Å². The van der Waals surface area contributed by atoms with Crippen molar-refractivity contribution >= 4 is 0 Å². The SMILES string of the molecule is OCC1(CN2CCC(N3CCCCC3)C2)CCOC1. The van der Waals surface area contributed by atoms with E-state index >= 15 is 0 Å². The summed E-state index contributed by atoms with van der Waals surface area (Å²) in [7, 11) is 0. The monoisotopic (exact) mass is 268 g/mol. The van der Waals surface area contributed by atoms with Gasteiger partial charge in [0.2, 0.25) is 0 Å². The number of aliphatic hydroxyl groups is 1. The summed E-state index contributed by atoms with van der Waals surface area (Å²) in [5.41, 5.74) is 0.0246. The van der Waals surface area contributed by atoms with E-state index in [0.717, 1.165) is 32.2 Å². The summed E-state index contributed by atoms with van der Waals surface area (Å²) in [5.74, 6) is 0. The Labute approximate surface area is 116 Å². The average molecular weight is 268 g/mol. The molecule has 4 heteroatoms. The molecule has 2 atom stereocenters. The van der Waals surface area contributed by atoms with E-state index < -0.39 is 0 Å². The smallest absolute Gasteiger partial charge is 0.0557 e. The van der Waals surface area contributed by atoms with Gasteiger partial charge in [-0.3, -0.25) is 4.90 Å². The molecule has 19 heavy (non-hydrogen) atoms. The maximum Gasteiger partial charge on any atom is 0.0557 e. The summed E-state index contributed by atoms with van der Waals surface area (Å²) in [6.07, 6.45) is 6.50. The predicted octanol–water partition coefficient (Wildman–Crippen LogP) is 0.946. The molecule has 3 heterocycles. The summed E-state index contributed by atoms with van der Waals surface area (Å²) in [5, 5.41) is 9.67. The Morgan fingerprint density at radius 1 is 1.16 bits per heavy atom. The second kappa shape index (κ2) is 6.08. The summed E-state index contributed by atoms with van der Waals surface area (Å²) in [4.78, 5) is 5.25. The van der Waals surface area contributed by atoms with Crippen molar-refractivity contribution in [2.45, 2.75) is 38.1 Å². The topological polar surface area (TPSA) is 35.9 Å². The van der Waals surface area contributed by atoms with Crippen LogP contribution in [0.5, 0.6) is 0 Å². The average Bonchev–Trinajstić information content (AvgIpc) is 3.10. The normalized spacial score (nSPS) is 38.1. The molecule has 0 aliphatic carbocycles. The molecule has 110 valence electrons. The summed E-state index contributed by atoms with van der Waals surface area (Å²) < 4.78 is 5.51. The number of ether oxygens (including phenoxy) is 1. The third kappa shape index (κ3) is 3.13. The Morgan fingerprint density at radius 3 is 2.68 bits per heavy atom. The van der Waals surface area contributed by atoms with Crippen LogP contribution in [0.4, 0.5) is 0 Å². The Kier molecular flexibility index (Phi) is 4.42. The van der Waals surface area contributed by atoms with Gasteiger partial charge in [0.05, 0.1) is 13.2 Å². The zero-order valence-electron chi connectivity index (χ0n) is 12.0. The van der Waals surface area contributed by atoms with Crippen molar-refractivity contribution in [2.24, 2.45) is 5.41 Å². The van der Waals surface area contributed by atoms with Gasteiger partial charge in [0.15, 0.2) is 0 Å². The molecule has 0 bridgehead atoms. The zero-order valence-corrected chi connectivity index (χ0v) is 12.0. The van der Waals surface area contributed by atoms with Crippen LogP contribution >= 0.6 is 0 Å². The number of hydrogen-bond acceptors (Lipinski definition) is 4. The van der Waals surface area contributed by atoms with Crippen LogP contribution < -0.4 is 0 Å². The van der Waals surface area contributed by atoms with Gasteiger partial charge >= 0.3 is 0 Å². The molecule has 4 nitrogen and oxygen atoms in total. The highest BCUT2D eigenvalue weighted by molar-refractivity contribution is 4.91. The molecule has 0 saturated carbocycles. The number of rotatable bonds is 4. The second-order valence-corrected chi connectivity index (χ2v) is 6.73. The van der Waals surface area contributed by atoms with Gasteiger partial charge in [-0.25, -0.2) is 0 Å². The van der Waals surface area contributed by atoms with Crippen molar-refractivity contribution in [2.75, 3.05) is 52.5 Å². The van der Waals surface area contributed by atoms with Gasteiger partial charge in [0.1, 0.15) is 0 Å². The van der Waals surface area contributed by atoms with Crippen molar-refractivity contribution < 1.29 is 9.84 Å². The van der Waals surface area contributed by atoms with Crippen LogP contribution in [-0.2, 0) is 4.74 Å². The van der Waals surface area contributed by atoms with E-state index in [1.54, 1.807) is 0 Å². The minimum Gasteiger partial charge on any atom is -0.396 e. The van der Waals surface area contributed by atoms with Crippen LogP contribution in [0.1, 0.15) is 32.1 Å². The van der Waals surface area contributed by atoms with Gasteiger partial charge < -0.3 is 14.7 Å². The number of nitrogens with zero attached hydrogens (tertiary/aromatic N) is 2. The van der Waals surface area contributed by atoms with Gasteiger partial charge in [-0.15, -0.1) is 0 Å². The highest BCUT2D eigenvalue weighted by Gasteiger charge is 2.38. The van der Waals surface area contributed by atoms with E-state index in [9.17, 15) is 5.11 Å². The summed E-state index contributed by atoms with van der Waals surface area (Å²) in [6.45, 7) is 7.86. The second-order valence-electron chi connectivity index (χ2n) is 6.73. The van der Waals surface area contributed by atoms with Gasteiger partial charge in [0.25, 0.3) is 0 Å². The minimum absolute atomic E-state index is 0.0246. The third-order valence-corrected chi connectivity index (χ3v) is 5.23. The Hall–Kier alpha value is -0.160. The maximum absolute atomic E-state index is 9.67. The predicted molar refractivity (Wildman–Crippen MR) is 75.2 cm³/mol. The maximum atomic E-state index is 9.67. The quantitative estimate of drug-likeness (QED) is 0.823. The fraction of sp³-hybridized carbons (Fsp3) is 1.00. The van der Waals surface area contributed by atoms with E-state index in [1.807, 2.05) is 0 Å². The van der Waals surface area contributed by atoms with Crippen LogP contribution in [0.25, 0.3) is 0 Å². The molecule has 3 fully saturated rings. The molecule has 0 spiro atoms. The van der Waals surface area contributed by atoms with Crippen molar-refractivity contribution in [3.05, 3.63) is 0 Å². The molecule has 0 amide bonds. The van der Waals surface area contributed by atoms with E-state index in [1.165, 1.54) is 51.9 Å². The Balaban J connectivity index is 1.51. The summed E-state index contributed by atoms with van der Waals surface area (Å²) >= 11 is 0. The molecule has 0 aromatic rings. The van der Waals surface area contributed by atoms with E-state index in [2.05, 4.69) is 9.80 Å². The lowest BCUT2D eigenvalue weighted by atomic mass is 9.88. The van der Waals surface area contributed by atoms with Crippen LogP contribution in [0.3, 0.4) is 0 Å². The van der Waals surface area contributed by atoms with Gasteiger partial charge in [-0.1, -0.05) is 6.42 Å². The van der Waals surface area contributed by atoms with Gasteiger partial charge in [-0.2, -0.15) is 0 Å². The standard InChI is InChI=1S/C15H28N2O2/c18-12-15(5-9-19-13-15)11-16-8-4-14(10-16)17-6-2-1-3-7-17/h14,18H,1-13H2. The van der Waals surface area contributed by atoms with E-state index in [-0.39, 0.29) is 12.0 Å². The molecule has 3 aliphatic rings. The van der Waals surface area contributed by atoms with Crippen LogP contribution in [0, 0.1) is 5.41 Å². The highest BCUT2D eigenvalue weighted by Crippen LogP contribution is 2.31. The van der Waals surface area contributed by atoms with Crippen LogP contribution in [0.15, 0.2) is 0 Å². The Bertz CT molecular complexity index is 286. The van der Waals surface area contributed by atoms with E-state index in [0.29, 0.717) is 0 Å². The fourth-order valence-electron chi connectivity index (χ4n) is 3.96. The molecule has 0 aromatic heterocycles. The number of piperidine rings is 1. The number of hydrogen-bond donors (Lipinski definition) is 1.